The van der Waals surface area contributed by atoms with E-state index in [1.165, 1.54) is 0 Å². The first-order chi connectivity index (χ1) is 8.16. The summed E-state index contributed by atoms with van der Waals surface area (Å²) in [6, 6.07) is 2.16. The van der Waals surface area contributed by atoms with E-state index in [4.69, 9.17) is 10.8 Å². The van der Waals surface area contributed by atoms with Gasteiger partial charge in [-0.3, -0.25) is 9.78 Å². The summed E-state index contributed by atoms with van der Waals surface area (Å²) in [7, 11) is 0. The molecule has 0 saturated heterocycles. The lowest BCUT2D eigenvalue weighted by Gasteiger charge is -2.27. The molecule has 1 saturated carbocycles. The Balaban J connectivity index is 1.90. The van der Waals surface area contributed by atoms with Crippen LogP contribution >= 0.6 is 0 Å². The van der Waals surface area contributed by atoms with Crippen molar-refractivity contribution in [3.8, 4) is 0 Å². The maximum Gasteiger partial charge on any atom is 0.306 e. The van der Waals surface area contributed by atoms with Gasteiger partial charge in [-0.15, -0.1) is 0 Å². The molecule has 0 atom stereocenters. The number of aromatic nitrogens is 1. The first kappa shape index (κ1) is 11.7. The first-order valence-electron chi connectivity index (χ1n) is 5.85. The zero-order valence-electron chi connectivity index (χ0n) is 9.60. The van der Waals surface area contributed by atoms with Crippen molar-refractivity contribution in [1.29, 1.82) is 0 Å². The molecule has 92 valence electrons. The van der Waals surface area contributed by atoms with Crippen molar-refractivity contribution in [2.45, 2.75) is 31.7 Å². The second kappa shape index (κ2) is 5.03. The van der Waals surface area contributed by atoms with Crippen LogP contribution in [0.4, 0.5) is 11.4 Å². The van der Waals surface area contributed by atoms with Crippen LogP contribution in [-0.4, -0.2) is 22.1 Å². The second-order valence-corrected chi connectivity index (χ2v) is 4.49. The Labute approximate surface area is 100 Å². The maximum atomic E-state index is 10.8. The number of nitrogens with one attached hydrogen (secondary N) is 1. The van der Waals surface area contributed by atoms with Crippen LogP contribution in [0, 0.1) is 5.92 Å². The Morgan fingerprint density at radius 2 is 2.12 bits per heavy atom. The molecule has 0 radical (unpaired) electrons. The number of pyridine rings is 1. The van der Waals surface area contributed by atoms with Crippen LogP contribution in [0.3, 0.4) is 0 Å². The van der Waals surface area contributed by atoms with E-state index in [1.807, 2.05) is 6.07 Å². The minimum atomic E-state index is -0.674. The number of nitrogens with two attached hydrogens (primary N) is 1. The van der Waals surface area contributed by atoms with Gasteiger partial charge in [-0.2, -0.15) is 0 Å². The summed E-state index contributed by atoms with van der Waals surface area (Å²) < 4.78 is 0. The largest absolute Gasteiger partial charge is 0.481 e. The van der Waals surface area contributed by atoms with Gasteiger partial charge >= 0.3 is 5.97 Å². The molecule has 1 heterocycles. The summed E-state index contributed by atoms with van der Waals surface area (Å²) in [6.45, 7) is 0. The number of nitrogens with zero attached hydrogens (tertiary/aromatic N) is 1. The Bertz CT molecular complexity index is 400. The molecule has 2 rings (SSSR count). The number of hydrogen-bond donors (Lipinski definition) is 3. The number of aliphatic carboxylic acids is 1. The molecular weight excluding hydrogens is 218 g/mol. The molecule has 1 aromatic heterocycles. The van der Waals surface area contributed by atoms with Crippen molar-refractivity contribution in [3.63, 3.8) is 0 Å². The number of nitrogen functional groups attached to an aromatic ring is 1. The molecule has 0 aliphatic heterocycles. The van der Waals surface area contributed by atoms with Gasteiger partial charge in [0, 0.05) is 12.2 Å². The second-order valence-electron chi connectivity index (χ2n) is 4.49. The van der Waals surface area contributed by atoms with Gasteiger partial charge in [-0.1, -0.05) is 0 Å². The molecule has 5 heteroatoms. The Morgan fingerprint density at radius 3 is 2.71 bits per heavy atom. The molecule has 1 fully saturated rings. The summed E-state index contributed by atoms with van der Waals surface area (Å²) in [4.78, 5) is 14.8. The molecule has 17 heavy (non-hydrogen) atoms. The highest BCUT2D eigenvalue weighted by Gasteiger charge is 2.25. The highest BCUT2D eigenvalue weighted by Crippen LogP contribution is 2.28. The van der Waals surface area contributed by atoms with Gasteiger partial charge in [-0.05, 0) is 31.7 Å². The Morgan fingerprint density at radius 1 is 1.41 bits per heavy atom. The van der Waals surface area contributed by atoms with Gasteiger partial charge < -0.3 is 16.2 Å². The lowest BCUT2D eigenvalue weighted by atomic mass is 9.86. The first-order valence-corrected chi connectivity index (χ1v) is 5.85. The Kier molecular flexibility index (Phi) is 3.46. The quantitative estimate of drug-likeness (QED) is 0.742. The fourth-order valence-corrected chi connectivity index (χ4v) is 2.24. The molecule has 0 bridgehead atoms. The average molecular weight is 235 g/mol. The van der Waals surface area contributed by atoms with Gasteiger partial charge in [0.2, 0.25) is 0 Å². The van der Waals surface area contributed by atoms with E-state index in [-0.39, 0.29) is 5.92 Å². The molecule has 5 nitrogen and oxygen atoms in total. The van der Waals surface area contributed by atoms with Gasteiger partial charge in [0.15, 0.2) is 0 Å². The van der Waals surface area contributed by atoms with Crippen molar-refractivity contribution >= 4 is 17.3 Å². The highest BCUT2D eigenvalue weighted by molar-refractivity contribution is 5.70. The smallest absolute Gasteiger partial charge is 0.306 e. The van der Waals surface area contributed by atoms with E-state index in [9.17, 15) is 4.79 Å². The van der Waals surface area contributed by atoms with E-state index < -0.39 is 5.97 Å². The van der Waals surface area contributed by atoms with Gasteiger partial charge in [0.1, 0.15) is 0 Å². The van der Waals surface area contributed by atoms with Crippen molar-refractivity contribution in [3.05, 3.63) is 18.5 Å². The van der Waals surface area contributed by atoms with Gasteiger partial charge in [0.05, 0.1) is 23.5 Å². The van der Waals surface area contributed by atoms with Crippen LogP contribution in [0.15, 0.2) is 18.5 Å². The van der Waals surface area contributed by atoms with Crippen LogP contribution in [0.1, 0.15) is 25.7 Å². The molecule has 1 aliphatic rings. The van der Waals surface area contributed by atoms with E-state index in [1.54, 1.807) is 12.4 Å². The van der Waals surface area contributed by atoms with Gasteiger partial charge in [-0.25, -0.2) is 0 Å². The van der Waals surface area contributed by atoms with Crippen molar-refractivity contribution in [2.24, 2.45) is 5.92 Å². The number of carboxylic acid groups (broad SMARTS) is 1. The van der Waals surface area contributed by atoms with E-state index >= 15 is 0 Å². The molecule has 0 aromatic carbocycles. The van der Waals surface area contributed by atoms with Crippen LogP contribution in [0.2, 0.25) is 0 Å². The predicted molar refractivity (Wildman–Crippen MR) is 65.7 cm³/mol. The summed E-state index contributed by atoms with van der Waals surface area (Å²) in [6.07, 6.45) is 6.53. The normalized spacial score (nSPS) is 24.2. The van der Waals surface area contributed by atoms with Crippen LogP contribution < -0.4 is 11.1 Å². The summed E-state index contributed by atoms with van der Waals surface area (Å²) >= 11 is 0. The van der Waals surface area contributed by atoms with Gasteiger partial charge in [0.25, 0.3) is 0 Å². The van der Waals surface area contributed by atoms with Crippen molar-refractivity contribution < 1.29 is 9.90 Å². The molecule has 1 aliphatic carbocycles. The number of rotatable bonds is 3. The number of anilines is 2. The SMILES string of the molecule is Nc1cnccc1NC1CCC(C(=O)O)CC1. The fourth-order valence-electron chi connectivity index (χ4n) is 2.24. The fraction of sp³-hybridized carbons (Fsp3) is 0.500. The summed E-state index contributed by atoms with van der Waals surface area (Å²) in [5.41, 5.74) is 7.31. The Hall–Kier alpha value is -1.78. The van der Waals surface area contributed by atoms with E-state index in [0.29, 0.717) is 11.7 Å². The molecule has 0 amide bonds. The molecular formula is C12H17N3O2. The lowest BCUT2D eigenvalue weighted by Crippen LogP contribution is -2.29. The van der Waals surface area contributed by atoms with Crippen LogP contribution in [0.5, 0.6) is 0 Å². The predicted octanol–water partition coefficient (Wildman–Crippen LogP) is 1.72. The zero-order valence-corrected chi connectivity index (χ0v) is 9.60. The minimum absolute atomic E-state index is 0.178. The minimum Gasteiger partial charge on any atom is -0.481 e. The van der Waals surface area contributed by atoms with E-state index in [2.05, 4.69) is 10.3 Å². The number of carbonyl (C=O) groups is 1. The van der Waals surface area contributed by atoms with Crippen LogP contribution in [0.25, 0.3) is 0 Å². The van der Waals surface area contributed by atoms with E-state index in [0.717, 1.165) is 31.4 Å². The molecule has 0 spiro atoms. The molecule has 0 unspecified atom stereocenters. The average Bonchev–Trinajstić information content (AvgIpc) is 2.33. The monoisotopic (exact) mass is 235 g/mol. The third-order valence-corrected chi connectivity index (χ3v) is 3.29. The summed E-state index contributed by atoms with van der Waals surface area (Å²) in [5.74, 6) is -0.852. The third-order valence-electron chi connectivity index (χ3n) is 3.29. The van der Waals surface area contributed by atoms with Crippen molar-refractivity contribution in [1.82, 2.24) is 4.98 Å². The molecule has 1 aromatic rings. The highest BCUT2D eigenvalue weighted by atomic mass is 16.4. The number of hydrogen-bond acceptors (Lipinski definition) is 4. The number of carboxylic acids is 1. The molecule has 4 N–H and O–H groups in total. The summed E-state index contributed by atoms with van der Waals surface area (Å²) in [5, 5.41) is 12.3. The van der Waals surface area contributed by atoms with Crippen molar-refractivity contribution in [2.75, 3.05) is 11.1 Å². The lowest BCUT2D eigenvalue weighted by molar-refractivity contribution is -0.142. The maximum absolute atomic E-state index is 10.8. The third kappa shape index (κ3) is 2.87. The van der Waals surface area contributed by atoms with Crippen LogP contribution in [-0.2, 0) is 4.79 Å². The zero-order chi connectivity index (χ0) is 12.3. The topological polar surface area (TPSA) is 88.2 Å². The standard InChI is InChI=1S/C12H17N3O2/c13-10-7-14-6-5-11(10)15-9-3-1-8(2-4-9)12(16)17/h5-9H,1-4,13H2,(H,14,15)(H,16,17).